The van der Waals surface area contributed by atoms with Gasteiger partial charge in [-0.25, -0.2) is 0 Å². The molecule has 1 unspecified atom stereocenters. The topological polar surface area (TPSA) is 49.3 Å². The van der Waals surface area contributed by atoms with Crippen LogP contribution in [0.5, 0.6) is 0 Å². The van der Waals surface area contributed by atoms with Crippen molar-refractivity contribution in [3.63, 3.8) is 0 Å². The Morgan fingerprint density at radius 3 is 2.60 bits per heavy atom. The van der Waals surface area contributed by atoms with Crippen molar-refractivity contribution < 1.29 is 9.90 Å². The van der Waals surface area contributed by atoms with Crippen molar-refractivity contribution in [3.05, 3.63) is 0 Å². The average molecular weight is 234 g/mol. The first-order valence-corrected chi connectivity index (χ1v) is 6.17. The molecule has 0 radical (unpaired) electrons. The highest BCUT2D eigenvalue weighted by Crippen LogP contribution is 2.27. The fourth-order valence-electron chi connectivity index (χ4n) is 1.88. The van der Waals surface area contributed by atoms with Gasteiger partial charge < -0.3 is 10.4 Å². The van der Waals surface area contributed by atoms with E-state index in [1.165, 1.54) is 6.42 Å². The Labute approximate surface area is 96.2 Å². The summed E-state index contributed by atoms with van der Waals surface area (Å²) in [6.07, 6.45) is 4.88. The van der Waals surface area contributed by atoms with Gasteiger partial charge in [-0.15, -0.1) is 11.6 Å². The summed E-state index contributed by atoms with van der Waals surface area (Å²) in [4.78, 5) is 11.5. The zero-order valence-corrected chi connectivity index (χ0v) is 10.0. The Hall–Kier alpha value is -0.280. The quantitative estimate of drug-likeness (QED) is 0.726. The second-order valence-corrected chi connectivity index (χ2v) is 4.87. The normalized spacial score (nSPS) is 22.1. The molecule has 1 rings (SSSR count). The molecule has 0 heterocycles. The lowest BCUT2D eigenvalue weighted by Gasteiger charge is -2.32. The molecule has 0 aromatic rings. The van der Waals surface area contributed by atoms with Crippen molar-refractivity contribution >= 4 is 17.5 Å². The van der Waals surface area contributed by atoms with Gasteiger partial charge in [-0.2, -0.15) is 0 Å². The van der Waals surface area contributed by atoms with Gasteiger partial charge in [0.2, 0.25) is 5.91 Å². The van der Waals surface area contributed by atoms with E-state index in [2.05, 4.69) is 5.32 Å². The first-order chi connectivity index (χ1) is 7.07. The highest BCUT2D eigenvalue weighted by atomic mass is 35.5. The van der Waals surface area contributed by atoms with Crippen LogP contribution in [0.3, 0.4) is 0 Å². The maximum Gasteiger partial charge on any atom is 0.224 e. The first-order valence-electron chi connectivity index (χ1n) is 5.63. The van der Waals surface area contributed by atoms with Crippen molar-refractivity contribution in [2.24, 2.45) is 5.92 Å². The Morgan fingerprint density at radius 2 is 2.07 bits per heavy atom. The van der Waals surface area contributed by atoms with E-state index in [0.29, 0.717) is 12.4 Å². The molecule has 88 valence electrons. The number of carbonyl (C=O) groups is 1. The van der Waals surface area contributed by atoms with Gasteiger partial charge in [0, 0.05) is 18.3 Å². The molecular formula is C11H20ClNO2. The Kier molecular flexibility index (Phi) is 4.87. The largest absolute Gasteiger partial charge is 0.388 e. The van der Waals surface area contributed by atoms with Crippen molar-refractivity contribution in [2.75, 3.05) is 12.4 Å². The second-order valence-electron chi connectivity index (χ2n) is 4.56. The third kappa shape index (κ3) is 3.99. The molecule has 0 aromatic heterocycles. The highest BCUT2D eigenvalue weighted by Gasteiger charge is 2.29. The molecule has 0 bridgehead atoms. The molecule has 0 aromatic carbocycles. The fraction of sp³-hybridized carbons (Fsp3) is 0.909. The summed E-state index contributed by atoms with van der Waals surface area (Å²) in [6, 6.07) is 0. The van der Waals surface area contributed by atoms with E-state index in [4.69, 9.17) is 11.6 Å². The molecule has 2 N–H and O–H groups in total. The van der Waals surface area contributed by atoms with Crippen LogP contribution in [0.15, 0.2) is 0 Å². The van der Waals surface area contributed by atoms with Crippen LogP contribution < -0.4 is 5.32 Å². The molecular weight excluding hydrogens is 214 g/mol. The number of amides is 1. The van der Waals surface area contributed by atoms with Gasteiger partial charge in [-0.1, -0.05) is 26.2 Å². The monoisotopic (exact) mass is 233 g/mol. The number of nitrogens with one attached hydrogen (secondary N) is 1. The van der Waals surface area contributed by atoms with Crippen LogP contribution in [0.2, 0.25) is 0 Å². The van der Waals surface area contributed by atoms with Gasteiger partial charge >= 0.3 is 0 Å². The van der Waals surface area contributed by atoms with Crippen LogP contribution in [0.4, 0.5) is 0 Å². The number of rotatable bonds is 4. The van der Waals surface area contributed by atoms with Crippen LogP contribution in [0.1, 0.15) is 39.0 Å². The molecule has 1 amide bonds. The van der Waals surface area contributed by atoms with Crippen LogP contribution >= 0.6 is 11.6 Å². The van der Waals surface area contributed by atoms with Gasteiger partial charge in [0.1, 0.15) is 0 Å². The second kappa shape index (κ2) is 5.71. The summed E-state index contributed by atoms with van der Waals surface area (Å²) in [5.41, 5.74) is -0.681. The molecule has 1 aliphatic carbocycles. The van der Waals surface area contributed by atoms with E-state index in [1.54, 1.807) is 6.92 Å². The lowest BCUT2D eigenvalue weighted by atomic mass is 9.85. The number of alkyl halides is 1. The van der Waals surface area contributed by atoms with E-state index in [9.17, 15) is 9.90 Å². The molecule has 0 aliphatic heterocycles. The van der Waals surface area contributed by atoms with Gasteiger partial charge in [0.25, 0.3) is 0 Å². The number of carbonyl (C=O) groups excluding carboxylic acids is 1. The maximum absolute atomic E-state index is 11.5. The Bertz CT molecular complexity index is 215. The van der Waals surface area contributed by atoms with Crippen molar-refractivity contribution in [2.45, 2.75) is 44.6 Å². The van der Waals surface area contributed by atoms with Crippen LogP contribution in [-0.4, -0.2) is 29.0 Å². The van der Waals surface area contributed by atoms with E-state index in [-0.39, 0.29) is 11.8 Å². The lowest BCUT2D eigenvalue weighted by Crippen LogP contribution is -2.45. The van der Waals surface area contributed by atoms with E-state index >= 15 is 0 Å². The SMILES string of the molecule is CC(CCl)C(=O)NCC1(O)CCCCC1. The van der Waals surface area contributed by atoms with Crippen molar-refractivity contribution in [1.82, 2.24) is 5.32 Å². The van der Waals surface area contributed by atoms with Gasteiger partial charge in [0.05, 0.1) is 5.60 Å². The molecule has 1 aliphatic rings. The summed E-state index contributed by atoms with van der Waals surface area (Å²) >= 11 is 5.58. The van der Waals surface area contributed by atoms with E-state index in [1.807, 2.05) is 0 Å². The summed E-state index contributed by atoms with van der Waals surface area (Å²) < 4.78 is 0. The number of hydrogen-bond donors (Lipinski definition) is 2. The minimum absolute atomic E-state index is 0.0657. The lowest BCUT2D eigenvalue weighted by molar-refractivity contribution is -0.125. The van der Waals surface area contributed by atoms with Crippen molar-refractivity contribution in [1.29, 1.82) is 0 Å². The zero-order valence-electron chi connectivity index (χ0n) is 9.26. The van der Waals surface area contributed by atoms with Gasteiger partial charge in [-0.3, -0.25) is 4.79 Å². The molecule has 15 heavy (non-hydrogen) atoms. The number of halogens is 1. The first kappa shape index (κ1) is 12.8. The predicted octanol–water partition coefficient (Wildman–Crippen LogP) is 1.67. The van der Waals surface area contributed by atoms with E-state index < -0.39 is 5.60 Å². The van der Waals surface area contributed by atoms with Crippen LogP contribution in [0.25, 0.3) is 0 Å². The predicted molar refractivity (Wildman–Crippen MR) is 60.9 cm³/mol. The summed E-state index contributed by atoms with van der Waals surface area (Å²) in [5, 5.41) is 12.9. The van der Waals surface area contributed by atoms with E-state index in [0.717, 1.165) is 25.7 Å². The van der Waals surface area contributed by atoms with Crippen LogP contribution in [0, 0.1) is 5.92 Å². The summed E-state index contributed by atoms with van der Waals surface area (Å²) in [5.74, 6) is 0.0763. The Balaban J connectivity index is 2.31. The molecule has 3 nitrogen and oxygen atoms in total. The number of hydrogen-bond acceptors (Lipinski definition) is 2. The summed E-state index contributed by atoms with van der Waals surface area (Å²) in [6.45, 7) is 2.15. The smallest absolute Gasteiger partial charge is 0.224 e. The van der Waals surface area contributed by atoms with Gasteiger partial charge in [-0.05, 0) is 12.8 Å². The Morgan fingerprint density at radius 1 is 1.47 bits per heavy atom. The molecule has 0 saturated heterocycles. The number of aliphatic hydroxyl groups is 1. The fourth-order valence-corrected chi connectivity index (χ4v) is 2.02. The molecule has 1 saturated carbocycles. The zero-order chi connectivity index (χ0) is 11.3. The maximum atomic E-state index is 11.5. The molecule has 1 fully saturated rings. The molecule has 0 spiro atoms. The highest BCUT2D eigenvalue weighted by molar-refractivity contribution is 6.19. The molecule has 4 heteroatoms. The third-order valence-electron chi connectivity index (χ3n) is 3.05. The third-order valence-corrected chi connectivity index (χ3v) is 3.52. The minimum atomic E-state index is -0.681. The standard InChI is InChI=1S/C11H20ClNO2/c1-9(7-12)10(14)13-8-11(15)5-3-2-4-6-11/h9,15H,2-8H2,1H3,(H,13,14). The minimum Gasteiger partial charge on any atom is -0.388 e. The van der Waals surface area contributed by atoms with Crippen LogP contribution in [-0.2, 0) is 4.79 Å². The molecule has 1 atom stereocenters. The van der Waals surface area contributed by atoms with Gasteiger partial charge in [0.15, 0.2) is 0 Å². The van der Waals surface area contributed by atoms with Crippen molar-refractivity contribution in [3.8, 4) is 0 Å². The average Bonchev–Trinajstić information content (AvgIpc) is 2.26. The summed E-state index contributed by atoms with van der Waals surface area (Å²) in [7, 11) is 0.